The third kappa shape index (κ3) is 3.55. The Labute approximate surface area is 134 Å². The molecule has 0 unspecified atom stereocenters. The smallest absolute Gasteiger partial charge is 0.213 e. The molecule has 0 radical (unpaired) electrons. The molecule has 0 N–H and O–H groups in total. The normalized spacial score (nSPS) is 14.5. The molecule has 0 amide bonds. The first-order valence-electron chi connectivity index (χ1n) is 6.37. The highest BCUT2D eigenvalue weighted by Crippen LogP contribution is 2.38. The highest BCUT2D eigenvalue weighted by molar-refractivity contribution is 6.37. The van der Waals surface area contributed by atoms with E-state index in [2.05, 4.69) is 11.0 Å². The Balaban J connectivity index is 2.32. The van der Waals surface area contributed by atoms with Gasteiger partial charge in [-0.2, -0.15) is 0 Å². The molecule has 0 spiro atoms. The minimum atomic E-state index is -0.170. The summed E-state index contributed by atoms with van der Waals surface area (Å²) in [6.45, 7) is 6.51. The van der Waals surface area contributed by atoms with Gasteiger partial charge in [0.15, 0.2) is 6.73 Å². The molecule has 0 saturated carbocycles. The topological polar surface area (TPSA) is 34.1 Å². The number of nitrogens with zero attached hydrogens (tertiary/aromatic N) is 2. The first-order chi connectivity index (χ1) is 9.82. The summed E-state index contributed by atoms with van der Waals surface area (Å²) in [4.78, 5) is 0. The molecule has 0 atom stereocenters. The number of hydrazone groups is 1. The Hall–Kier alpha value is -1.57. The van der Waals surface area contributed by atoms with Gasteiger partial charge in [0.1, 0.15) is 12.4 Å². The monoisotopic (exact) mass is 326 g/mol. The predicted octanol–water partition coefficient (Wildman–Crippen LogP) is 4.16. The molecule has 1 aliphatic heterocycles. The summed E-state index contributed by atoms with van der Waals surface area (Å²) in [5.41, 5.74) is 0.489. The van der Waals surface area contributed by atoms with Gasteiger partial charge >= 0.3 is 0 Å². The lowest BCUT2D eigenvalue weighted by Crippen LogP contribution is -2.20. The summed E-state index contributed by atoms with van der Waals surface area (Å²) >= 11 is 12.3. The summed E-state index contributed by atoms with van der Waals surface area (Å²) in [5, 5.41) is 6.98. The lowest BCUT2D eigenvalue weighted by atomic mass is 9.97. The third-order valence-corrected chi connectivity index (χ3v) is 3.37. The fourth-order valence-electron chi connectivity index (χ4n) is 1.73. The molecule has 1 aliphatic rings. The summed E-state index contributed by atoms with van der Waals surface area (Å²) < 4.78 is 11.0. The number of hydrogen-bond donors (Lipinski definition) is 0. The van der Waals surface area contributed by atoms with E-state index in [9.17, 15) is 0 Å². The van der Waals surface area contributed by atoms with Gasteiger partial charge in [-0.05, 0) is 6.07 Å². The van der Waals surface area contributed by atoms with Crippen molar-refractivity contribution in [3.05, 3.63) is 22.2 Å². The molecule has 0 fully saturated rings. The van der Waals surface area contributed by atoms with Crippen molar-refractivity contribution < 1.29 is 9.47 Å². The molecular formula is C15H16Cl2N2O2. The minimum Gasteiger partial charge on any atom is -0.479 e. The van der Waals surface area contributed by atoms with Crippen LogP contribution in [0.5, 0.6) is 5.75 Å². The van der Waals surface area contributed by atoms with Gasteiger partial charge in [0.05, 0.1) is 15.7 Å². The van der Waals surface area contributed by atoms with Crippen molar-refractivity contribution in [1.82, 2.24) is 0 Å². The predicted molar refractivity (Wildman–Crippen MR) is 86.1 cm³/mol. The van der Waals surface area contributed by atoms with Crippen LogP contribution in [-0.2, 0) is 4.74 Å². The molecule has 0 aromatic heterocycles. The molecule has 0 saturated heterocycles. The lowest BCUT2D eigenvalue weighted by molar-refractivity contribution is 0.295. The van der Waals surface area contributed by atoms with Crippen molar-refractivity contribution in [2.45, 2.75) is 20.8 Å². The third-order valence-electron chi connectivity index (χ3n) is 2.77. The van der Waals surface area contributed by atoms with Gasteiger partial charge in [-0.3, -0.25) is 0 Å². The molecule has 21 heavy (non-hydrogen) atoms. The van der Waals surface area contributed by atoms with E-state index >= 15 is 0 Å². The van der Waals surface area contributed by atoms with E-state index in [1.807, 2.05) is 20.8 Å². The second kappa shape index (κ2) is 6.05. The summed E-state index contributed by atoms with van der Waals surface area (Å²) in [6, 6.07) is 3.31. The molecule has 1 aromatic carbocycles. The summed E-state index contributed by atoms with van der Waals surface area (Å²) in [6.07, 6.45) is 5.19. The molecule has 2 rings (SSSR count). The maximum atomic E-state index is 6.23. The Morgan fingerprint density at radius 3 is 2.67 bits per heavy atom. The van der Waals surface area contributed by atoms with Crippen LogP contribution in [-0.4, -0.2) is 19.2 Å². The summed E-state index contributed by atoms with van der Waals surface area (Å²) in [7, 11) is 0. The second-order valence-electron chi connectivity index (χ2n) is 5.55. The zero-order valence-electron chi connectivity index (χ0n) is 12.1. The van der Waals surface area contributed by atoms with Crippen LogP contribution in [0.1, 0.15) is 20.8 Å². The average molecular weight is 327 g/mol. The number of ether oxygens (including phenoxy) is 2. The van der Waals surface area contributed by atoms with Crippen LogP contribution in [0.15, 0.2) is 17.2 Å². The van der Waals surface area contributed by atoms with Crippen LogP contribution >= 0.6 is 23.2 Å². The summed E-state index contributed by atoms with van der Waals surface area (Å²) in [5.74, 6) is 3.51. The van der Waals surface area contributed by atoms with E-state index in [-0.39, 0.29) is 12.0 Å². The van der Waals surface area contributed by atoms with E-state index in [0.717, 1.165) is 0 Å². The van der Waals surface area contributed by atoms with Crippen LogP contribution in [0.4, 0.5) is 5.69 Å². The molecule has 0 aliphatic carbocycles. The standard InChI is InChI=1S/C15H16Cl2N2O2/c1-5-6-20-13-8-12(10(16)7-11(13)17)19-9-21-14(18-19)15(2,3)4/h1,7-8H,6,9H2,2-4H3. The van der Waals surface area contributed by atoms with Crippen molar-refractivity contribution in [2.24, 2.45) is 10.5 Å². The number of halogens is 2. The van der Waals surface area contributed by atoms with Gasteiger partial charge < -0.3 is 9.47 Å². The highest BCUT2D eigenvalue weighted by Gasteiger charge is 2.29. The maximum absolute atomic E-state index is 6.23. The van der Waals surface area contributed by atoms with Crippen LogP contribution in [0.25, 0.3) is 0 Å². The van der Waals surface area contributed by atoms with Crippen molar-refractivity contribution in [3.8, 4) is 18.1 Å². The van der Waals surface area contributed by atoms with E-state index in [1.165, 1.54) is 0 Å². The van der Waals surface area contributed by atoms with Gasteiger partial charge in [-0.1, -0.05) is 49.9 Å². The molecule has 4 nitrogen and oxygen atoms in total. The molecular weight excluding hydrogens is 311 g/mol. The fourth-order valence-corrected chi connectivity index (χ4v) is 2.26. The van der Waals surface area contributed by atoms with Gasteiger partial charge in [0.25, 0.3) is 0 Å². The van der Waals surface area contributed by atoms with Crippen molar-refractivity contribution in [2.75, 3.05) is 18.3 Å². The minimum absolute atomic E-state index is 0.133. The number of terminal acetylenes is 1. The Morgan fingerprint density at radius 1 is 1.38 bits per heavy atom. The molecule has 1 aromatic rings. The number of benzene rings is 1. The number of rotatable bonds is 3. The van der Waals surface area contributed by atoms with Gasteiger partial charge in [-0.25, -0.2) is 5.01 Å². The largest absolute Gasteiger partial charge is 0.479 e. The van der Waals surface area contributed by atoms with Crippen molar-refractivity contribution in [3.63, 3.8) is 0 Å². The van der Waals surface area contributed by atoms with Gasteiger partial charge in [-0.15, -0.1) is 11.5 Å². The van der Waals surface area contributed by atoms with E-state index < -0.39 is 0 Å². The molecule has 0 bridgehead atoms. The lowest BCUT2D eigenvalue weighted by Gasteiger charge is -2.15. The van der Waals surface area contributed by atoms with Crippen LogP contribution in [0.2, 0.25) is 10.0 Å². The average Bonchev–Trinajstić information content (AvgIpc) is 2.87. The van der Waals surface area contributed by atoms with E-state index in [1.54, 1.807) is 17.1 Å². The maximum Gasteiger partial charge on any atom is 0.213 e. The molecule has 1 heterocycles. The first kappa shape index (κ1) is 15.8. The highest BCUT2D eigenvalue weighted by atomic mass is 35.5. The molecule has 6 heteroatoms. The SMILES string of the molecule is C#CCOc1cc(N2COC(C(C)(C)C)=N2)c(Cl)cc1Cl. The quantitative estimate of drug-likeness (QED) is 0.782. The van der Waals surface area contributed by atoms with Crippen molar-refractivity contribution in [1.29, 1.82) is 0 Å². The van der Waals surface area contributed by atoms with Gasteiger partial charge in [0.2, 0.25) is 5.90 Å². The van der Waals surface area contributed by atoms with E-state index in [4.69, 9.17) is 39.1 Å². The number of anilines is 1. The Kier molecular flexibility index (Phi) is 4.55. The fraction of sp³-hybridized carbons (Fsp3) is 0.400. The van der Waals surface area contributed by atoms with Crippen molar-refractivity contribution >= 4 is 34.8 Å². The first-order valence-corrected chi connectivity index (χ1v) is 7.13. The zero-order chi connectivity index (χ0) is 15.6. The van der Waals surface area contributed by atoms with Crippen LogP contribution in [0, 0.1) is 17.8 Å². The van der Waals surface area contributed by atoms with Gasteiger partial charge in [0, 0.05) is 11.5 Å². The van der Waals surface area contributed by atoms with Crippen LogP contribution in [0.3, 0.4) is 0 Å². The second-order valence-corrected chi connectivity index (χ2v) is 6.37. The van der Waals surface area contributed by atoms with Crippen LogP contribution < -0.4 is 9.75 Å². The molecule has 112 valence electrons. The zero-order valence-corrected chi connectivity index (χ0v) is 13.6. The van der Waals surface area contributed by atoms with E-state index in [0.29, 0.717) is 34.1 Å². The number of hydrogen-bond acceptors (Lipinski definition) is 4. The Bertz CT molecular complexity index is 615. The Morgan fingerprint density at radius 2 is 2.10 bits per heavy atom.